The van der Waals surface area contributed by atoms with E-state index in [1.54, 1.807) is 12.1 Å². The van der Waals surface area contributed by atoms with E-state index in [9.17, 15) is 9.66 Å². The third-order valence-electron chi connectivity index (χ3n) is 1.40. The average molecular weight is 170 g/mol. The first kappa shape index (κ1) is 8.59. The molecule has 0 aliphatic carbocycles. The number of rotatable bonds is 2. The van der Waals surface area contributed by atoms with Gasteiger partial charge in [-0.1, -0.05) is 30.3 Å². The maximum absolute atomic E-state index is 10.8. The van der Waals surface area contributed by atoms with Crippen molar-refractivity contribution in [2.45, 2.75) is 5.44 Å². The zero-order valence-electron chi connectivity index (χ0n) is 6.23. The summed E-state index contributed by atoms with van der Waals surface area (Å²) in [6, 6.07) is 8.99. The Labute approximate surface area is 69.0 Å². The number of hydrogen-bond donors (Lipinski definition) is 1. The summed E-state index contributed by atoms with van der Waals surface area (Å²) < 4.78 is 10.8. The highest BCUT2D eigenvalue weighted by Crippen LogP contribution is 2.16. The summed E-state index contributed by atoms with van der Waals surface area (Å²) in [5.74, 6) is 0. The van der Waals surface area contributed by atoms with E-state index in [0.29, 0.717) is 5.56 Å². The van der Waals surface area contributed by atoms with Crippen LogP contribution in [0.1, 0.15) is 11.0 Å². The van der Waals surface area contributed by atoms with Gasteiger partial charge in [0, 0.05) is 5.56 Å². The molecule has 1 N–H and O–H groups in total. The molecular weight excluding hydrogens is 160 g/mol. The molecule has 0 amide bonds. The van der Waals surface area contributed by atoms with Crippen molar-refractivity contribution >= 4 is 11.2 Å². The smallest absolute Gasteiger partial charge is 0.239 e. The van der Waals surface area contributed by atoms with Crippen LogP contribution in [0, 0.1) is 0 Å². The monoisotopic (exact) mass is 170 g/mol. The second-order valence-corrected chi connectivity index (χ2v) is 3.71. The van der Waals surface area contributed by atoms with Gasteiger partial charge >= 0.3 is 0 Å². The Morgan fingerprint density at radius 1 is 1.36 bits per heavy atom. The zero-order chi connectivity index (χ0) is 8.27. The third-order valence-corrected chi connectivity index (χ3v) is 2.30. The Morgan fingerprint density at radius 2 is 1.91 bits per heavy atom. The first-order valence-corrected chi connectivity index (χ1v) is 4.89. The van der Waals surface area contributed by atoms with Crippen LogP contribution in [0.2, 0.25) is 0 Å². The third kappa shape index (κ3) is 2.22. The minimum atomic E-state index is -1.21. The van der Waals surface area contributed by atoms with E-state index in [-0.39, 0.29) is 0 Å². The average Bonchev–Trinajstić information content (AvgIpc) is 2.05. The molecule has 2 nitrogen and oxygen atoms in total. The van der Waals surface area contributed by atoms with Gasteiger partial charge in [-0.2, -0.15) is 0 Å². The Balaban J connectivity index is 2.77. The minimum absolute atomic E-state index is 0.702. The van der Waals surface area contributed by atoms with Gasteiger partial charge < -0.3 is 9.66 Å². The van der Waals surface area contributed by atoms with Crippen molar-refractivity contribution in [3.63, 3.8) is 0 Å². The topological polar surface area (TPSA) is 43.3 Å². The lowest BCUT2D eigenvalue weighted by atomic mass is 10.2. The molecule has 0 bridgehead atoms. The summed E-state index contributed by atoms with van der Waals surface area (Å²) in [5, 5.41) is 9.30. The second kappa shape index (κ2) is 3.76. The molecule has 0 radical (unpaired) electrons. The molecule has 0 heterocycles. The van der Waals surface area contributed by atoms with E-state index < -0.39 is 16.6 Å². The highest BCUT2D eigenvalue weighted by Gasteiger charge is 2.15. The van der Waals surface area contributed by atoms with Gasteiger partial charge in [0.05, 0.1) is 6.26 Å². The summed E-state index contributed by atoms with van der Waals surface area (Å²) in [7, 11) is 0. The fourth-order valence-electron chi connectivity index (χ4n) is 0.809. The van der Waals surface area contributed by atoms with E-state index in [2.05, 4.69) is 0 Å². The molecule has 3 heteroatoms. The van der Waals surface area contributed by atoms with Crippen LogP contribution in [0.15, 0.2) is 30.3 Å². The molecule has 0 spiro atoms. The molecule has 1 aromatic carbocycles. The number of benzene rings is 1. The van der Waals surface area contributed by atoms with Gasteiger partial charge in [0.2, 0.25) is 5.44 Å². The normalized spacial score (nSPS) is 15.9. The predicted molar refractivity (Wildman–Crippen MR) is 45.5 cm³/mol. The van der Waals surface area contributed by atoms with E-state index in [1.807, 2.05) is 18.2 Å². The number of hydrogen-bond acceptors (Lipinski definition) is 2. The standard InChI is InChI=1S/C8H10O2S/c1-11(10)8(9)7-5-3-2-4-6-7/h2-6,8-9H,1H3. The molecule has 0 aliphatic rings. The van der Waals surface area contributed by atoms with Crippen molar-refractivity contribution in [2.24, 2.45) is 0 Å². The van der Waals surface area contributed by atoms with Gasteiger partial charge in [-0.3, -0.25) is 0 Å². The first-order valence-electron chi connectivity index (χ1n) is 3.27. The minimum Gasteiger partial charge on any atom is -0.614 e. The molecular formula is C8H10O2S. The molecule has 11 heavy (non-hydrogen) atoms. The zero-order valence-corrected chi connectivity index (χ0v) is 7.04. The van der Waals surface area contributed by atoms with Crippen LogP contribution >= 0.6 is 0 Å². The number of aliphatic hydroxyl groups is 1. The maximum Gasteiger partial charge on any atom is 0.239 e. The molecule has 0 aliphatic heterocycles. The Morgan fingerprint density at radius 3 is 2.36 bits per heavy atom. The van der Waals surface area contributed by atoms with E-state index >= 15 is 0 Å². The summed E-state index contributed by atoms with van der Waals surface area (Å²) in [6.07, 6.45) is 1.48. The van der Waals surface area contributed by atoms with Crippen molar-refractivity contribution in [2.75, 3.05) is 6.26 Å². The summed E-state index contributed by atoms with van der Waals surface area (Å²) in [5.41, 5.74) is -0.149. The Kier molecular flexibility index (Phi) is 2.93. The van der Waals surface area contributed by atoms with Crippen molar-refractivity contribution in [3.8, 4) is 0 Å². The molecule has 2 atom stereocenters. The van der Waals surface area contributed by atoms with Crippen molar-refractivity contribution in [3.05, 3.63) is 35.9 Å². The first-order chi connectivity index (χ1) is 5.22. The van der Waals surface area contributed by atoms with E-state index in [4.69, 9.17) is 0 Å². The van der Waals surface area contributed by atoms with Crippen molar-refractivity contribution in [1.29, 1.82) is 0 Å². The molecule has 1 aromatic rings. The molecule has 0 saturated carbocycles. The molecule has 0 aromatic heterocycles. The van der Waals surface area contributed by atoms with Gasteiger partial charge in [-0.15, -0.1) is 0 Å². The molecule has 0 fully saturated rings. The molecule has 1 rings (SSSR count). The lowest BCUT2D eigenvalue weighted by Crippen LogP contribution is -2.10. The summed E-state index contributed by atoms with van der Waals surface area (Å²) in [4.78, 5) is 0. The largest absolute Gasteiger partial charge is 0.614 e. The predicted octanol–water partition coefficient (Wildman–Crippen LogP) is 1.06. The molecule has 60 valence electrons. The molecule has 2 unspecified atom stereocenters. The van der Waals surface area contributed by atoms with Gasteiger partial charge in [0.25, 0.3) is 0 Å². The maximum atomic E-state index is 10.8. The Hall–Kier alpha value is -0.510. The van der Waals surface area contributed by atoms with Gasteiger partial charge in [0.1, 0.15) is 0 Å². The fraction of sp³-hybridized carbons (Fsp3) is 0.250. The van der Waals surface area contributed by atoms with E-state index in [1.165, 1.54) is 6.26 Å². The quantitative estimate of drug-likeness (QED) is 0.674. The van der Waals surface area contributed by atoms with Crippen LogP contribution in [-0.2, 0) is 11.2 Å². The highest BCUT2D eigenvalue weighted by atomic mass is 32.2. The van der Waals surface area contributed by atoms with Gasteiger partial charge in [-0.05, 0) is 11.2 Å². The van der Waals surface area contributed by atoms with Crippen LogP contribution in [-0.4, -0.2) is 15.9 Å². The van der Waals surface area contributed by atoms with Crippen molar-refractivity contribution < 1.29 is 9.66 Å². The van der Waals surface area contributed by atoms with Crippen LogP contribution in [0.4, 0.5) is 0 Å². The van der Waals surface area contributed by atoms with Crippen LogP contribution < -0.4 is 0 Å². The number of aliphatic hydroxyl groups excluding tert-OH is 1. The lowest BCUT2D eigenvalue weighted by Gasteiger charge is -2.11. The second-order valence-electron chi connectivity index (χ2n) is 2.26. The van der Waals surface area contributed by atoms with Gasteiger partial charge in [0.15, 0.2) is 0 Å². The van der Waals surface area contributed by atoms with Crippen LogP contribution in [0.5, 0.6) is 0 Å². The van der Waals surface area contributed by atoms with Crippen molar-refractivity contribution in [1.82, 2.24) is 0 Å². The SMILES string of the molecule is C[S+]([O-])C(O)c1ccccc1. The fourth-order valence-corrected chi connectivity index (χ4v) is 1.35. The van der Waals surface area contributed by atoms with Gasteiger partial charge in [-0.25, -0.2) is 0 Å². The molecule has 0 saturated heterocycles. The summed E-state index contributed by atoms with van der Waals surface area (Å²) in [6.45, 7) is 0. The summed E-state index contributed by atoms with van der Waals surface area (Å²) >= 11 is -1.21. The van der Waals surface area contributed by atoms with Crippen LogP contribution in [0.3, 0.4) is 0 Å². The lowest BCUT2D eigenvalue weighted by molar-refractivity contribution is 0.256. The Bertz CT molecular complexity index is 211. The van der Waals surface area contributed by atoms with Crippen LogP contribution in [0.25, 0.3) is 0 Å². The van der Waals surface area contributed by atoms with E-state index in [0.717, 1.165) is 0 Å². The highest BCUT2D eigenvalue weighted by molar-refractivity contribution is 7.90.